The average molecular weight is 323 g/mol. The van der Waals surface area contributed by atoms with Gasteiger partial charge in [-0.2, -0.15) is 0 Å². The zero-order valence-corrected chi connectivity index (χ0v) is 17.6. The van der Waals surface area contributed by atoms with Crippen LogP contribution in [0.1, 0.15) is 75.7 Å². The fourth-order valence-electron chi connectivity index (χ4n) is 4.36. The second kappa shape index (κ2) is 5.73. The Morgan fingerprint density at radius 3 is 1.52 bits per heavy atom. The van der Waals surface area contributed by atoms with Gasteiger partial charge in [-0.25, -0.2) is 0 Å². The molecule has 23 heavy (non-hydrogen) atoms. The van der Waals surface area contributed by atoms with Crippen molar-refractivity contribution in [1.82, 2.24) is 9.80 Å². The molecule has 2 aliphatic rings. The van der Waals surface area contributed by atoms with Crippen molar-refractivity contribution < 1.29 is 0 Å². The van der Waals surface area contributed by atoms with Crippen LogP contribution >= 0.6 is 0 Å². The summed E-state index contributed by atoms with van der Waals surface area (Å²) >= 11 is 0. The predicted molar refractivity (Wildman–Crippen MR) is 102 cm³/mol. The molecule has 0 N–H and O–H groups in total. The van der Waals surface area contributed by atoms with E-state index in [1.54, 1.807) is 0 Å². The first-order valence-corrected chi connectivity index (χ1v) is 9.67. The van der Waals surface area contributed by atoms with Crippen LogP contribution in [-0.4, -0.2) is 47.1 Å². The van der Waals surface area contributed by atoms with Gasteiger partial charge >= 0.3 is 0 Å². The Hall–Kier alpha value is -0.0800. The predicted octanol–water partition coefficient (Wildman–Crippen LogP) is 4.89. The van der Waals surface area contributed by atoms with Crippen molar-refractivity contribution in [1.29, 1.82) is 0 Å². The molecule has 2 rings (SSSR count). The van der Waals surface area contributed by atoms with E-state index in [2.05, 4.69) is 79.0 Å². The van der Waals surface area contributed by atoms with Crippen LogP contribution in [0.3, 0.4) is 0 Å². The van der Waals surface area contributed by atoms with Crippen LogP contribution in [-0.2, 0) is 0 Å². The van der Waals surface area contributed by atoms with Crippen LogP contribution in [0.25, 0.3) is 0 Å². The van der Waals surface area contributed by atoms with Gasteiger partial charge in [-0.3, -0.25) is 9.80 Å². The van der Waals surface area contributed by atoms with E-state index in [-0.39, 0.29) is 5.54 Å². The highest BCUT2D eigenvalue weighted by Gasteiger charge is 2.53. The molecule has 0 radical (unpaired) electrons. The Bertz CT molecular complexity index is 416. The molecule has 2 heterocycles. The Morgan fingerprint density at radius 2 is 1.13 bits per heavy atom. The lowest BCUT2D eigenvalue weighted by atomic mass is 9.62. The second-order valence-corrected chi connectivity index (χ2v) is 11.4. The molecule has 0 aromatic heterocycles. The van der Waals surface area contributed by atoms with Crippen LogP contribution in [0, 0.1) is 22.7 Å². The van der Waals surface area contributed by atoms with Crippen molar-refractivity contribution in [3.8, 4) is 0 Å². The molecule has 0 amide bonds. The molecular formula is C21H42N2. The van der Waals surface area contributed by atoms with Gasteiger partial charge in [-0.15, -0.1) is 0 Å². The van der Waals surface area contributed by atoms with Crippen LogP contribution < -0.4 is 0 Å². The molecule has 0 saturated carbocycles. The van der Waals surface area contributed by atoms with E-state index < -0.39 is 0 Å². The maximum atomic E-state index is 2.79. The number of hydrogen-bond donors (Lipinski definition) is 0. The van der Waals surface area contributed by atoms with Crippen molar-refractivity contribution in [3.63, 3.8) is 0 Å². The third-order valence-electron chi connectivity index (χ3n) is 7.63. The fourth-order valence-corrected chi connectivity index (χ4v) is 4.36. The molecule has 2 aliphatic heterocycles. The van der Waals surface area contributed by atoms with E-state index in [0.29, 0.717) is 16.4 Å². The van der Waals surface area contributed by atoms with E-state index in [9.17, 15) is 0 Å². The van der Waals surface area contributed by atoms with Crippen LogP contribution in [0.5, 0.6) is 0 Å². The summed E-state index contributed by atoms with van der Waals surface area (Å²) in [4.78, 5) is 5.43. The third-order valence-corrected chi connectivity index (χ3v) is 7.63. The highest BCUT2D eigenvalue weighted by molar-refractivity contribution is 5.06. The van der Waals surface area contributed by atoms with Gasteiger partial charge in [0.1, 0.15) is 0 Å². The standard InChI is InChI=1S/C21H42N2/c1-18(2,3)16-11-12-22(13-16)21(9,10)20(7,8)17-14-23(15-17)19(4,5)6/h16-17H,11-15H2,1-10H3. The summed E-state index contributed by atoms with van der Waals surface area (Å²) in [5, 5.41) is 0. The number of hydrogen-bond acceptors (Lipinski definition) is 2. The largest absolute Gasteiger partial charge is 0.298 e. The highest BCUT2D eigenvalue weighted by atomic mass is 15.3. The summed E-state index contributed by atoms with van der Waals surface area (Å²) in [5.41, 5.74) is 1.37. The lowest BCUT2D eigenvalue weighted by molar-refractivity contribution is -0.101. The third kappa shape index (κ3) is 3.49. The van der Waals surface area contributed by atoms with Crippen LogP contribution in [0.15, 0.2) is 0 Å². The summed E-state index contributed by atoms with van der Waals surface area (Å²) in [6.45, 7) is 29.4. The van der Waals surface area contributed by atoms with Gasteiger partial charge in [0.25, 0.3) is 0 Å². The molecule has 0 bridgehead atoms. The minimum Gasteiger partial charge on any atom is -0.298 e. The zero-order chi connectivity index (χ0) is 17.8. The van der Waals surface area contributed by atoms with Gasteiger partial charge < -0.3 is 0 Å². The van der Waals surface area contributed by atoms with Gasteiger partial charge in [0.15, 0.2) is 0 Å². The summed E-state index contributed by atoms with van der Waals surface area (Å²) < 4.78 is 0. The smallest absolute Gasteiger partial charge is 0.0207 e. The maximum absolute atomic E-state index is 2.79. The molecule has 0 aromatic rings. The SMILES string of the molecule is CC(C)(C)C1CCN(C(C)(C)C(C)(C)C2CN(C(C)(C)C)C2)C1. The normalized spacial score (nSPS) is 26.6. The number of likely N-dealkylation sites (tertiary alicyclic amines) is 2. The van der Waals surface area contributed by atoms with Crippen molar-refractivity contribution in [3.05, 3.63) is 0 Å². The van der Waals surface area contributed by atoms with Gasteiger partial charge in [-0.05, 0) is 70.3 Å². The zero-order valence-electron chi connectivity index (χ0n) is 17.6. The van der Waals surface area contributed by atoms with Crippen molar-refractivity contribution >= 4 is 0 Å². The first-order chi connectivity index (χ1) is 10.2. The van der Waals surface area contributed by atoms with Crippen molar-refractivity contribution in [2.75, 3.05) is 26.2 Å². The van der Waals surface area contributed by atoms with E-state index in [1.807, 2.05) is 0 Å². The van der Waals surface area contributed by atoms with Gasteiger partial charge in [0.05, 0.1) is 0 Å². The number of rotatable bonds is 3. The molecule has 0 aromatic carbocycles. The number of nitrogens with zero attached hydrogens (tertiary/aromatic N) is 2. The molecule has 2 saturated heterocycles. The van der Waals surface area contributed by atoms with E-state index >= 15 is 0 Å². The van der Waals surface area contributed by atoms with E-state index in [0.717, 1.165) is 11.8 Å². The minimum atomic E-state index is 0.266. The minimum absolute atomic E-state index is 0.266. The van der Waals surface area contributed by atoms with Crippen LogP contribution in [0.4, 0.5) is 0 Å². The van der Waals surface area contributed by atoms with Gasteiger partial charge in [0.2, 0.25) is 0 Å². The summed E-state index contributed by atoms with van der Waals surface area (Å²) in [6.07, 6.45) is 1.36. The summed E-state index contributed by atoms with van der Waals surface area (Å²) in [6, 6.07) is 0. The van der Waals surface area contributed by atoms with Crippen molar-refractivity contribution in [2.24, 2.45) is 22.7 Å². The monoisotopic (exact) mass is 322 g/mol. The maximum Gasteiger partial charge on any atom is 0.0207 e. The first-order valence-electron chi connectivity index (χ1n) is 9.67. The molecule has 2 heteroatoms. The molecule has 0 spiro atoms. The van der Waals surface area contributed by atoms with Crippen molar-refractivity contribution in [2.45, 2.75) is 86.7 Å². The Labute approximate surface area is 146 Å². The Kier molecular flexibility index (Phi) is 4.79. The van der Waals surface area contributed by atoms with E-state index in [4.69, 9.17) is 0 Å². The molecular weight excluding hydrogens is 280 g/mol. The average Bonchev–Trinajstić information content (AvgIpc) is 2.72. The molecule has 2 nitrogen and oxygen atoms in total. The quantitative estimate of drug-likeness (QED) is 0.730. The lowest BCUT2D eigenvalue weighted by Crippen LogP contribution is -2.66. The van der Waals surface area contributed by atoms with Gasteiger partial charge in [0, 0.05) is 30.7 Å². The highest BCUT2D eigenvalue weighted by Crippen LogP contribution is 2.49. The second-order valence-electron chi connectivity index (χ2n) is 11.4. The lowest BCUT2D eigenvalue weighted by Gasteiger charge is -2.59. The molecule has 136 valence electrons. The molecule has 1 atom stereocenters. The Morgan fingerprint density at radius 1 is 0.652 bits per heavy atom. The topological polar surface area (TPSA) is 6.48 Å². The first kappa shape index (κ1) is 19.2. The van der Waals surface area contributed by atoms with E-state index in [1.165, 1.54) is 32.6 Å². The molecule has 2 fully saturated rings. The Balaban J connectivity index is 2.04. The summed E-state index contributed by atoms with van der Waals surface area (Å²) in [5.74, 6) is 1.65. The fraction of sp³-hybridized carbons (Fsp3) is 1.00. The molecule has 1 unspecified atom stereocenters. The van der Waals surface area contributed by atoms with Crippen LogP contribution in [0.2, 0.25) is 0 Å². The molecule has 0 aliphatic carbocycles. The summed E-state index contributed by atoms with van der Waals surface area (Å²) in [7, 11) is 0. The van der Waals surface area contributed by atoms with Gasteiger partial charge in [-0.1, -0.05) is 34.6 Å².